The third kappa shape index (κ3) is 4.23. The van der Waals surface area contributed by atoms with Crippen molar-refractivity contribution in [1.82, 2.24) is 0 Å². The zero-order chi connectivity index (χ0) is 16.8. The number of rotatable bonds is 6. The summed E-state index contributed by atoms with van der Waals surface area (Å²) >= 11 is 1.42. The number of nitro groups is 1. The SMILES string of the molecule is CCOC(=O)c1ccc(Sc2ccc([N+](=O)[O-])c(OC)c2)cc1. The third-order valence-corrected chi connectivity index (χ3v) is 3.95. The van der Waals surface area contributed by atoms with Gasteiger partial charge in [0.1, 0.15) is 0 Å². The second-order valence-electron chi connectivity index (χ2n) is 4.44. The highest BCUT2D eigenvalue weighted by atomic mass is 32.2. The van der Waals surface area contributed by atoms with Crippen molar-refractivity contribution in [3.63, 3.8) is 0 Å². The molecule has 0 aliphatic carbocycles. The molecular weight excluding hydrogens is 318 g/mol. The monoisotopic (exact) mass is 333 g/mol. The molecule has 0 aromatic heterocycles. The van der Waals surface area contributed by atoms with Gasteiger partial charge in [-0.2, -0.15) is 0 Å². The Labute approximate surface area is 137 Å². The maximum absolute atomic E-state index is 11.6. The largest absolute Gasteiger partial charge is 0.490 e. The van der Waals surface area contributed by atoms with Crippen molar-refractivity contribution in [2.24, 2.45) is 0 Å². The van der Waals surface area contributed by atoms with Crippen LogP contribution in [0.25, 0.3) is 0 Å². The van der Waals surface area contributed by atoms with Crippen LogP contribution in [0.3, 0.4) is 0 Å². The minimum absolute atomic E-state index is 0.0745. The maximum Gasteiger partial charge on any atom is 0.338 e. The Balaban J connectivity index is 2.16. The number of hydrogen-bond donors (Lipinski definition) is 0. The molecule has 0 radical (unpaired) electrons. The molecule has 6 nitrogen and oxygen atoms in total. The van der Waals surface area contributed by atoms with Gasteiger partial charge in [-0.1, -0.05) is 11.8 Å². The average molecular weight is 333 g/mol. The van der Waals surface area contributed by atoms with E-state index in [1.54, 1.807) is 43.3 Å². The number of esters is 1. The fourth-order valence-electron chi connectivity index (χ4n) is 1.88. The van der Waals surface area contributed by atoms with Crippen LogP contribution in [0.4, 0.5) is 5.69 Å². The zero-order valence-corrected chi connectivity index (χ0v) is 13.5. The molecule has 0 heterocycles. The van der Waals surface area contributed by atoms with Crippen molar-refractivity contribution in [1.29, 1.82) is 0 Å². The molecule has 0 bridgehead atoms. The van der Waals surface area contributed by atoms with Gasteiger partial charge in [0.05, 0.1) is 24.2 Å². The van der Waals surface area contributed by atoms with Gasteiger partial charge in [0.15, 0.2) is 5.75 Å². The van der Waals surface area contributed by atoms with Crippen LogP contribution in [-0.4, -0.2) is 24.6 Å². The molecule has 23 heavy (non-hydrogen) atoms. The van der Waals surface area contributed by atoms with Crippen LogP contribution in [0.5, 0.6) is 5.75 Å². The highest BCUT2D eigenvalue weighted by Crippen LogP contribution is 2.35. The Hall–Kier alpha value is -2.54. The second-order valence-corrected chi connectivity index (χ2v) is 5.58. The lowest BCUT2D eigenvalue weighted by Crippen LogP contribution is -2.03. The van der Waals surface area contributed by atoms with E-state index in [2.05, 4.69) is 0 Å². The van der Waals surface area contributed by atoms with Gasteiger partial charge in [-0.25, -0.2) is 4.79 Å². The number of ether oxygens (including phenoxy) is 2. The maximum atomic E-state index is 11.6. The topological polar surface area (TPSA) is 78.7 Å². The Kier molecular flexibility index (Phi) is 5.59. The summed E-state index contributed by atoms with van der Waals surface area (Å²) in [5, 5.41) is 10.9. The quantitative estimate of drug-likeness (QED) is 0.453. The first kappa shape index (κ1) is 16.8. The van der Waals surface area contributed by atoms with E-state index < -0.39 is 4.92 Å². The minimum atomic E-state index is -0.485. The molecule has 0 saturated carbocycles. The highest BCUT2D eigenvalue weighted by molar-refractivity contribution is 7.99. The normalized spacial score (nSPS) is 10.2. The predicted molar refractivity (Wildman–Crippen MR) is 86.2 cm³/mol. The van der Waals surface area contributed by atoms with Gasteiger partial charge < -0.3 is 9.47 Å². The Morgan fingerprint density at radius 2 is 1.83 bits per heavy atom. The number of hydrogen-bond acceptors (Lipinski definition) is 6. The molecule has 120 valence electrons. The van der Waals surface area contributed by atoms with Crippen molar-refractivity contribution < 1.29 is 19.2 Å². The molecule has 0 unspecified atom stereocenters. The first-order valence-corrected chi connectivity index (χ1v) is 7.64. The van der Waals surface area contributed by atoms with E-state index >= 15 is 0 Å². The number of carbonyl (C=O) groups excluding carboxylic acids is 1. The van der Waals surface area contributed by atoms with Crippen LogP contribution < -0.4 is 4.74 Å². The summed E-state index contributed by atoms with van der Waals surface area (Å²) in [5.41, 5.74) is 0.409. The summed E-state index contributed by atoms with van der Waals surface area (Å²) in [6.07, 6.45) is 0. The lowest BCUT2D eigenvalue weighted by atomic mass is 10.2. The summed E-state index contributed by atoms with van der Waals surface area (Å²) in [6.45, 7) is 2.09. The summed E-state index contributed by atoms with van der Waals surface area (Å²) in [5.74, 6) is -0.149. The molecule has 0 saturated heterocycles. The fraction of sp³-hybridized carbons (Fsp3) is 0.188. The number of carbonyl (C=O) groups is 1. The Morgan fingerprint density at radius 3 is 2.39 bits per heavy atom. The van der Waals surface area contributed by atoms with Gasteiger partial charge in [0.25, 0.3) is 0 Å². The summed E-state index contributed by atoms with van der Waals surface area (Å²) in [6, 6.07) is 11.6. The van der Waals surface area contributed by atoms with Crippen LogP contribution in [0.2, 0.25) is 0 Å². The van der Waals surface area contributed by atoms with Crippen LogP contribution in [0, 0.1) is 10.1 Å². The molecule has 0 N–H and O–H groups in total. The first-order chi connectivity index (χ1) is 11.0. The fourth-order valence-corrected chi connectivity index (χ4v) is 2.73. The van der Waals surface area contributed by atoms with Crippen molar-refractivity contribution >= 4 is 23.4 Å². The van der Waals surface area contributed by atoms with Gasteiger partial charge in [0.2, 0.25) is 0 Å². The Morgan fingerprint density at radius 1 is 1.17 bits per heavy atom. The lowest BCUT2D eigenvalue weighted by molar-refractivity contribution is -0.385. The van der Waals surface area contributed by atoms with E-state index in [4.69, 9.17) is 9.47 Å². The smallest absolute Gasteiger partial charge is 0.338 e. The third-order valence-electron chi connectivity index (χ3n) is 2.95. The van der Waals surface area contributed by atoms with Gasteiger partial charge in [-0.05, 0) is 37.3 Å². The average Bonchev–Trinajstić information content (AvgIpc) is 2.55. The van der Waals surface area contributed by atoms with Gasteiger partial charge in [0, 0.05) is 21.9 Å². The highest BCUT2D eigenvalue weighted by Gasteiger charge is 2.15. The van der Waals surface area contributed by atoms with Crippen LogP contribution in [0.15, 0.2) is 52.3 Å². The molecule has 0 fully saturated rings. The number of nitro benzene ring substituents is 1. The van der Waals surface area contributed by atoms with E-state index in [1.807, 2.05) is 0 Å². The number of nitrogens with zero attached hydrogens (tertiary/aromatic N) is 1. The van der Waals surface area contributed by atoms with Crippen LogP contribution in [-0.2, 0) is 4.74 Å². The van der Waals surface area contributed by atoms with Gasteiger partial charge in [-0.3, -0.25) is 10.1 Å². The van der Waals surface area contributed by atoms with Gasteiger partial charge in [-0.15, -0.1) is 0 Å². The molecule has 2 aromatic carbocycles. The molecule has 0 spiro atoms. The first-order valence-electron chi connectivity index (χ1n) is 6.82. The predicted octanol–water partition coefficient (Wildman–Crippen LogP) is 3.93. The number of methoxy groups -OCH3 is 1. The van der Waals surface area contributed by atoms with Crippen molar-refractivity contribution in [2.45, 2.75) is 16.7 Å². The molecule has 0 aliphatic heterocycles. The summed E-state index contributed by atoms with van der Waals surface area (Å²) in [4.78, 5) is 23.7. The van der Waals surface area contributed by atoms with E-state index in [9.17, 15) is 14.9 Å². The van der Waals surface area contributed by atoms with E-state index in [-0.39, 0.29) is 17.4 Å². The second kappa shape index (κ2) is 7.64. The molecular formula is C16H15NO5S. The van der Waals surface area contributed by atoms with Crippen molar-refractivity contribution in [3.05, 3.63) is 58.1 Å². The lowest BCUT2D eigenvalue weighted by Gasteiger charge is -2.06. The van der Waals surface area contributed by atoms with E-state index in [0.717, 1.165) is 9.79 Å². The van der Waals surface area contributed by atoms with E-state index in [0.29, 0.717) is 12.2 Å². The van der Waals surface area contributed by atoms with Crippen molar-refractivity contribution in [3.8, 4) is 5.75 Å². The van der Waals surface area contributed by atoms with Crippen LogP contribution in [0.1, 0.15) is 17.3 Å². The molecule has 0 aliphatic rings. The molecule has 7 heteroatoms. The zero-order valence-electron chi connectivity index (χ0n) is 12.6. The standard InChI is InChI=1S/C16H15NO5S/c1-3-22-16(18)11-4-6-12(7-5-11)23-13-8-9-14(17(19)20)15(10-13)21-2/h4-10H,3H2,1-2H3. The summed E-state index contributed by atoms with van der Waals surface area (Å²) in [7, 11) is 1.39. The Bertz CT molecular complexity index is 715. The van der Waals surface area contributed by atoms with E-state index in [1.165, 1.54) is 24.9 Å². The molecule has 0 amide bonds. The minimum Gasteiger partial charge on any atom is -0.490 e. The summed E-state index contributed by atoms with van der Waals surface area (Å²) < 4.78 is 9.97. The van der Waals surface area contributed by atoms with Crippen LogP contribution >= 0.6 is 11.8 Å². The molecule has 2 rings (SSSR count). The van der Waals surface area contributed by atoms with Crippen molar-refractivity contribution in [2.75, 3.05) is 13.7 Å². The molecule has 0 atom stereocenters. The molecule has 2 aromatic rings. The number of benzene rings is 2. The van der Waals surface area contributed by atoms with Gasteiger partial charge >= 0.3 is 11.7 Å².